The van der Waals surface area contributed by atoms with E-state index in [0.717, 1.165) is 16.7 Å². The second kappa shape index (κ2) is 5.01. The van der Waals surface area contributed by atoms with Crippen molar-refractivity contribution in [3.63, 3.8) is 0 Å². The monoisotopic (exact) mass is 231 g/mol. The molecular weight excluding hydrogens is 217 g/mol. The summed E-state index contributed by atoms with van der Waals surface area (Å²) in [6.45, 7) is 4.43. The predicted molar refractivity (Wildman–Crippen MR) is 62.9 cm³/mol. The third kappa shape index (κ3) is 2.63. The Morgan fingerprint density at radius 2 is 1.71 bits per heavy atom. The van der Waals surface area contributed by atoms with Crippen molar-refractivity contribution in [3.05, 3.63) is 34.9 Å². The van der Waals surface area contributed by atoms with Gasteiger partial charge in [-0.1, -0.05) is 18.2 Å². The molecule has 3 heteroatoms. The summed E-state index contributed by atoms with van der Waals surface area (Å²) in [5, 5.41) is -0.0456. The standard InChI is InChI=1S/C11H15Cl2N/c1-7(12)10-4-3-9(6-14)5-11(10)8(2)13/h3-5,7-8H,6,14H2,1-2H3. The van der Waals surface area contributed by atoms with Gasteiger partial charge in [0.15, 0.2) is 0 Å². The van der Waals surface area contributed by atoms with Crippen LogP contribution in [0.3, 0.4) is 0 Å². The lowest BCUT2D eigenvalue weighted by Gasteiger charge is -2.14. The van der Waals surface area contributed by atoms with Gasteiger partial charge in [-0.05, 0) is 30.5 Å². The first-order valence-corrected chi connectivity index (χ1v) is 5.54. The molecule has 0 saturated heterocycles. The van der Waals surface area contributed by atoms with Crippen LogP contribution in [-0.4, -0.2) is 0 Å². The van der Waals surface area contributed by atoms with E-state index in [4.69, 9.17) is 28.9 Å². The average Bonchev–Trinajstić information content (AvgIpc) is 2.16. The van der Waals surface area contributed by atoms with Crippen molar-refractivity contribution in [1.82, 2.24) is 0 Å². The molecule has 0 fully saturated rings. The zero-order valence-electron chi connectivity index (χ0n) is 8.43. The summed E-state index contributed by atoms with van der Waals surface area (Å²) < 4.78 is 0. The van der Waals surface area contributed by atoms with E-state index in [2.05, 4.69) is 0 Å². The zero-order valence-corrected chi connectivity index (χ0v) is 9.94. The van der Waals surface area contributed by atoms with Crippen LogP contribution in [0.1, 0.15) is 41.3 Å². The summed E-state index contributed by atoms with van der Waals surface area (Å²) in [6.07, 6.45) is 0. The highest BCUT2D eigenvalue weighted by molar-refractivity contribution is 6.22. The Hall–Kier alpha value is -0.240. The lowest BCUT2D eigenvalue weighted by atomic mass is 9.99. The maximum absolute atomic E-state index is 6.08. The Bertz CT molecular complexity index is 308. The summed E-state index contributed by atoms with van der Waals surface area (Å²) >= 11 is 12.1. The van der Waals surface area contributed by atoms with E-state index in [1.807, 2.05) is 32.0 Å². The Balaban J connectivity index is 3.17. The molecule has 1 aromatic carbocycles. The van der Waals surface area contributed by atoms with Crippen LogP contribution in [0.25, 0.3) is 0 Å². The van der Waals surface area contributed by atoms with Crippen molar-refractivity contribution >= 4 is 23.2 Å². The lowest BCUT2D eigenvalue weighted by Crippen LogP contribution is -2.01. The molecule has 0 amide bonds. The van der Waals surface area contributed by atoms with Crippen molar-refractivity contribution < 1.29 is 0 Å². The number of nitrogens with two attached hydrogens (primary N) is 1. The third-order valence-corrected chi connectivity index (χ3v) is 2.71. The van der Waals surface area contributed by atoms with Crippen LogP contribution in [-0.2, 0) is 6.54 Å². The van der Waals surface area contributed by atoms with Gasteiger partial charge in [-0.2, -0.15) is 0 Å². The molecule has 0 aliphatic heterocycles. The van der Waals surface area contributed by atoms with Crippen molar-refractivity contribution in [2.45, 2.75) is 31.1 Å². The fourth-order valence-corrected chi connectivity index (χ4v) is 1.85. The molecule has 0 aliphatic carbocycles. The van der Waals surface area contributed by atoms with Gasteiger partial charge in [0.1, 0.15) is 0 Å². The SMILES string of the molecule is CC(Cl)c1ccc(CN)cc1C(C)Cl. The maximum Gasteiger partial charge on any atom is 0.0560 e. The van der Waals surface area contributed by atoms with Crippen LogP contribution in [0.15, 0.2) is 18.2 Å². The van der Waals surface area contributed by atoms with Gasteiger partial charge in [-0.3, -0.25) is 0 Å². The summed E-state index contributed by atoms with van der Waals surface area (Å²) in [5.41, 5.74) is 8.83. The molecule has 2 atom stereocenters. The van der Waals surface area contributed by atoms with Gasteiger partial charge >= 0.3 is 0 Å². The van der Waals surface area contributed by atoms with Crippen LogP contribution in [0.5, 0.6) is 0 Å². The van der Waals surface area contributed by atoms with Gasteiger partial charge in [-0.15, -0.1) is 23.2 Å². The molecule has 0 saturated carbocycles. The number of hydrogen-bond donors (Lipinski definition) is 1. The summed E-state index contributed by atoms with van der Waals surface area (Å²) in [6, 6.07) is 6.04. The Kier molecular flexibility index (Phi) is 4.24. The molecule has 0 spiro atoms. The highest BCUT2D eigenvalue weighted by Gasteiger charge is 2.12. The van der Waals surface area contributed by atoms with Crippen LogP contribution in [0.2, 0.25) is 0 Å². The van der Waals surface area contributed by atoms with Crippen molar-refractivity contribution in [3.8, 4) is 0 Å². The fourth-order valence-electron chi connectivity index (χ4n) is 1.46. The van der Waals surface area contributed by atoms with E-state index in [9.17, 15) is 0 Å². The quantitative estimate of drug-likeness (QED) is 0.789. The Morgan fingerprint density at radius 3 is 2.14 bits per heavy atom. The first kappa shape index (κ1) is 11.8. The molecule has 0 radical (unpaired) electrons. The molecule has 0 aromatic heterocycles. The van der Waals surface area contributed by atoms with E-state index >= 15 is 0 Å². The zero-order chi connectivity index (χ0) is 10.7. The van der Waals surface area contributed by atoms with Crippen molar-refractivity contribution in [2.75, 3.05) is 0 Å². The molecule has 0 aliphatic rings. The smallest absolute Gasteiger partial charge is 0.0560 e. The topological polar surface area (TPSA) is 26.0 Å². The lowest BCUT2D eigenvalue weighted by molar-refractivity contribution is 0.965. The molecule has 14 heavy (non-hydrogen) atoms. The third-order valence-electron chi connectivity index (χ3n) is 2.24. The summed E-state index contributed by atoms with van der Waals surface area (Å²) in [7, 11) is 0. The second-order valence-corrected chi connectivity index (χ2v) is 4.71. The minimum atomic E-state index is -0.0299. The predicted octanol–water partition coefficient (Wildman–Crippen LogP) is 3.74. The number of alkyl halides is 2. The second-order valence-electron chi connectivity index (χ2n) is 3.40. The van der Waals surface area contributed by atoms with Crippen molar-refractivity contribution in [1.29, 1.82) is 0 Å². The molecule has 1 aromatic rings. The molecular formula is C11H15Cl2N. The van der Waals surface area contributed by atoms with Gasteiger partial charge in [0.05, 0.1) is 10.8 Å². The minimum Gasteiger partial charge on any atom is -0.326 e. The van der Waals surface area contributed by atoms with Gasteiger partial charge in [0, 0.05) is 6.54 Å². The average molecular weight is 232 g/mol. The molecule has 0 heterocycles. The molecule has 0 bridgehead atoms. The first-order chi connectivity index (χ1) is 6.56. The largest absolute Gasteiger partial charge is 0.326 e. The highest BCUT2D eigenvalue weighted by Crippen LogP contribution is 2.31. The summed E-state index contributed by atoms with van der Waals surface area (Å²) in [5.74, 6) is 0. The molecule has 1 rings (SSSR count). The van der Waals surface area contributed by atoms with E-state index in [0.29, 0.717) is 6.54 Å². The molecule has 78 valence electrons. The van der Waals surface area contributed by atoms with Crippen LogP contribution in [0, 0.1) is 0 Å². The van der Waals surface area contributed by atoms with Crippen LogP contribution >= 0.6 is 23.2 Å². The number of rotatable bonds is 3. The van der Waals surface area contributed by atoms with E-state index in [-0.39, 0.29) is 10.8 Å². The normalized spacial score (nSPS) is 15.2. The van der Waals surface area contributed by atoms with Gasteiger partial charge in [0.2, 0.25) is 0 Å². The number of hydrogen-bond acceptors (Lipinski definition) is 1. The van der Waals surface area contributed by atoms with E-state index in [1.165, 1.54) is 0 Å². The van der Waals surface area contributed by atoms with E-state index in [1.54, 1.807) is 0 Å². The van der Waals surface area contributed by atoms with Gasteiger partial charge < -0.3 is 5.73 Å². The maximum atomic E-state index is 6.08. The molecule has 2 N–H and O–H groups in total. The Labute approximate surface area is 95.2 Å². The van der Waals surface area contributed by atoms with E-state index < -0.39 is 0 Å². The molecule has 1 nitrogen and oxygen atoms in total. The van der Waals surface area contributed by atoms with Crippen molar-refractivity contribution in [2.24, 2.45) is 5.73 Å². The summed E-state index contributed by atoms with van der Waals surface area (Å²) in [4.78, 5) is 0. The Morgan fingerprint density at radius 1 is 1.14 bits per heavy atom. The molecule has 2 unspecified atom stereocenters. The number of benzene rings is 1. The first-order valence-electron chi connectivity index (χ1n) is 4.67. The van der Waals surface area contributed by atoms with Crippen LogP contribution in [0.4, 0.5) is 0 Å². The fraction of sp³-hybridized carbons (Fsp3) is 0.455. The van der Waals surface area contributed by atoms with Crippen LogP contribution < -0.4 is 5.73 Å². The van der Waals surface area contributed by atoms with Gasteiger partial charge in [-0.25, -0.2) is 0 Å². The van der Waals surface area contributed by atoms with Gasteiger partial charge in [0.25, 0.3) is 0 Å². The minimum absolute atomic E-state index is 0.0157. The number of halogens is 2. The highest BCUT2D eigenvalue weighted by atomic mass is 35.5.